The van der Waals surface area contributed by atoms with E-state index in [0.29, 0.717) is 18.6 Å². The summed E-state index contributed by atoms with van der Waals surface area (Å²) in [6.45, 7) is 1.18. The van der Waals surface area contributed by atoms with E-state index in [1.807, 2.05) is 0 Å². The lowest BCUT2D eigenvalue weighted by Crippen LogP contribution is -2.16. The second-order valence-corrected chi connectivity index (χ2v) is 10.2. The van der Waals surface area contributed by atoms with E-state index in [2.05, 4.69) is 0 Å². The molecule has 2 N–H and O–H groups in total. The van der Waals surface area contributed by atoms with Gasteiger partial charge in [0.1, 0.15) is 6.79 Å². The van der Waals surface area contributed by atoms with Gasteiger partial charge in [-0.25, -0.2) is 0 Å². The second-order valence-electron chi connectivity index (χ2n) is 10.2. The van der Waals surface area contributed by atoms with Crippen molar-refractivity contribution in [3.05, 3.63) is 22.3 Å². The number of aliphatic hydroxyl groups is 2. The molecule has 0 spiro atoms. The molecule has 2 fully saturated rings. The fraction of sp³-hybridized carbons (Fsp3) is 0.846. The van der Waals surface area contributed by atoms with Gasteiger partial charge in [0, 0.05) is 13.7 Å². The van der Waals surface area contributed by atoms with Crippen LogP contribution >= 0.6 is 0 Å². The van der Waals surface area contributed by atoms with Crippen molar-refractivity contribution < 1.29 is 19.7 Å². The van der Waals surface area contributed by atoms with Crippen LogP contribution in [0.15, 0.2) is 22.3 Å². The van der Waals surface area contributed by atoms with Crippen LogP contribution < -0.4 is 0 Å². The Morgan fingerprint density at radius 3 is 2.37 bits per heavy atom. The smallest absolute Gasteiger partial charge is 0.146 e. The Balaban J connectivity index is 1.33. The van der Waals surface area contributed by atoms with Crippen molar-refractivity contribution in [2.75, 3.05) is 20.5 Å². The third kappa shape index (κ3) is 5.20. The molecule has 0 radical (unpaired) electrons. The molecule has 30 heavy (non-hydrogen) atoms. The van der Waals surface area contributed by atoms with Gasteiger partial charge in [0.05, 0.1) is 12.2 Å². The first-order valence-corrected chi connectivity index (χ1v) is 12.5. The SMILES string of the molecule is COCOCCCCC1CCC2CC(O)C(CCC3=C4CCCCC4CC3O)=C2C1. The summed E-state index contributed by atoms with van der Waals surface area (Å²) in [5.41, 5.74) is 5.85. The monoisotopic (exact) mass is 418 g/mol. The van der Waals surface area contributed by atoms with Crippen LogP contribution in [0, 0.1) is 17.8 Å². The molecular weight excluding hydrogens is 376 g/mol. The minimum absolute atomic E-state index is 0.220. The molecule has 2 saturated carbocycles. The van der Waals surface area contributed by atoms with Crippen LogP contribution in [0.2, 0.25) is 0 Å². The minimum Gasteiger partial charge on any atom is -0.389 e. The van der Waals surface area contributed by atoms with Gasteiger partial charge in [-0.1, -0.05) is 30.4 Å². The van der Waals surface area contributed by atoms with Crippen LogP contribution in [0.1, 0.15) is 89.9 Å². The quantitative estimate of drug-likeness (QED) is 0.288. The number of rotatable bonds is 10. The lowest BCUT2D eigenvalue weighted by Gasteiger charge is -2.29. The summed E-state index contributed by atoms with van der Waals surface area (Å²) < 4.78 is 10.3. The number of ether oxygens (including phenoxy) is 2. The van der Waals surface area contributed by atoms with E-state index in [9.17, 15) is 10.2 Å². The number of aliphatic hydroxyl groups excluding tert-OH is 2. The Morgan fingerprint density at radius 1 is 0.867 bits per heavy atom. The summed E-state index contributed by atoms with van der Waals surface area (Å²) in [4.78, 5) is 0. The predicted molar refractivity (Wildman–Crippen MR) is 119 cm³/mol. The van der Waals surface area contributed by atoms with Crippen LogP contribution in [0.5, 0.6) is 0 Å². The molecule has 0 aromatic carbocycles. The fourth-order valence-electron chi connectivity index (χ4n) is 6.81. The third-order valence-corrected chi connectivity index (χ3v) is 8.33. The molecule has 5 unspecified atom stereocenters. The van der Waals surface area contributed by atoms with Crippen LogP contribution in [0.25, 0.3) is 0 Å². The zero-order chi connectivity index (χ0) is 20.9. The van der Waals surface area contributed by atoms with Crippen LogP contribution in [-0.2, 0) is 9.47 Å². The van der Waals surface area contributed by atoms with Crippen molar-refractivity contribution in [2.45, 2.75) is 102 Å². The second kappa shape index (κ2) is 10.8. The zero-order valence-electron chi connectivity index (χ0n) is 18.9. The maximum Gasteiger partial charge on any atom is 0.146 e. The molecule has 0 saturated heterocycles. The summed E-state index contributed by atoms with van der Waals surface area (Å²) in [6.07, 6.45) is 15.8. The molecule has 4 nitrogen and oxygen atoms in total. The molecule has 4 heteroatoms. The van der Waals surface area contributed by atoms with Gasteiger partial charge in [-0.05, 0) is 99.5 Å². The Labute approximate surface area is 182 Å². The maximum absolute atomic E-state index is 10.8. The molecule has 170 valence electrons. The molecule has 5 atom stereocenters. The van der Waals surface area contributed by atoms with Gasteiger partial charge >= 0.3 is 0 Å². The predicted octanol–water partition coefficient (Wildman–Crippen LogP) is 5.29. The topological polar surface area (TPSA) is 58.9 Å². The highest BCUT2D eigenvalue weighted by Crippen LogP contribution is 2.48. The van der Waals surface area contributed by atoms with Crippen molar-refractivity contribution in [2.24, 2.45) is 17.8 Å². The first kappa shape index (κ1) is 22.5. The highest BCUT2D eigenvalue weighted by atomic mass is 16.7. The van der Waals surface area contributed by atoms with Crippen LogP contribution in [0.3, 0.4) is 0 Å². The molecule has 0 amide bonds. The van der Waals surface area contributed by atoms with Crippen molar-refractivity contribution in [3.8, 4) is 0 Å². The largest absolute Gasteiger partial charge is 0.389 e. The molecule has 0 aliphatic heterocycles. The third-order valence-electron chi connectivity index (χ3n) is 8.33. The van der Waals surface area contributed by atoms with Gasteiger partial charge in [-0.2, -0.15) is 0 Å². The Hall–Kier alpha value is -0.680. The first-order chi connectivity index (χ1) is 14.7. The van der Waals surface area contributed by atoms with E-state index < -0.39 is 0 Å². The Morgan fingerprint density at radius 2 is 1.60 bits per heavy atom. The van der Waals surface area contributed by atoms with Crippen molar-refractivity contribution >= 4 is 0 Å². The average Bonchev–Trinajstić information content (AvgIpc) is 3.23. The van der Waals surface area contributed by atoms with Crippen LogP contribution in [-0.4, -0.2) is 42.9 Å². The lowest BCUT2D eigenvalue weighted by atomic mass is 9.76. The maximum atomic E-state index is 10.8. The van der Waals surface area contributed by atoms with Gasteiger partial charge in [0.2, 0.25) is 0 Å². The minimum atomic E-state index is -0.238. The Kier molecular flexibility index (Phi) is 8.07. The van der Waals surface area contributed by atoms with Gasteiger partial charge in [-0.15, -0.1) is 0 Å². The number of unbranched alkanes of at least 4 members (excludes halogenated alkanes) is 1. The normalized spacial score (nSPS) is 33.9. The highest BCUT2D eigenvalue weighted by molar-refractivity contribution is 5.33. The number of hydrogen-bond donors (Lipinski definition) is 2. The molecule has 0 bridgehead atoms. The number of allylic oxidation sites excluding steroid dienone is 2. The van der Waals surface area contributed by atoms with Crippen molar-refractivity contribution in [1.29, 1.82) is 0 Å². The van der Waals surface area contributed by atoms with E-state index in [1.54, 1.807) is 18.3 Å². The molecule has 4 aliphatic rings. The molecular formula is C26H42O4. The van der Waals surface area contributed by atoms with E-state index in [4.69, 9.17) is 9.47 Å². The van der Waals surface area contributed by atoms with Crippen LogP contribution in [0.4, 0.5) is 0 Å². The van der Waals surface area contributed by atoms with Gasteiger partial charge < -0.3 is 19.7 Å². The Bertz CT molecular complexity index is 637. The lowest BCUT2D eigenvalue weighted by molar-refractivity contribution is -0.0317. The molecule has 4 aliphatic carbocycles. The summed E-state index contributed by atoms with van der Waals surface area (Å²) in [5.74, 6) is 2.03. The fourth-order valence-corrected chi connectivity index (χ4v) is 6.81. The standard InChI is InChI=1S/C26H42O4/c1-29-17-30-13-5-4-6-18-9-10-20-16-26(28)23(24(20)14-18)12-11-22-21-8-3-2-7-19(21)15-25(22)27/h18-20,25-28H,2-17H2,1H3. The first-order valence-electron chi connectivity index (χ1n) is 12.5. The number of hydrogen-bond acceptors (Lipinski definition) is 4. The van der Waals surface area contributed by atoms with Crippen molar-refractivity contribution in [1.82, 2.24) is 0 Å². The molecule has 0 aromatic rings. The van der Waals surface area contributed by atoms with Crippen molar-refractivity contribution in [3.63, 3.8) is 0 Å². The average molecular weight is 419 g/mol. The summed E-state index contributed by atoms with van der Waals surface area (Å²) in [7, 11) is 1.66. The van der Waals surface area contributed by atoms with Gasteiger partial charge in [0.25, 0.3) is 0 Å². The zero-order valence-corrected chi connectivity index (χ0v) is 18.9. The summed E-state index contributed by atoms with van der Waals surface area (Å²) in [6, 6.07) is 0. The van der Waals surface area contributed by atoms with E-state index in [-0.39, 0.29) is 12.2 Å². The summed E-state index contributed by atoms with van der Waals surface area (Å²) in [5, 5.41) is 21.5. The number of fused-ring (bicyclic) bond motifs is 2. The van der Waals surface area contributed by atoms with Gasteiger partial charge in [0.15, 0.2) is 0 Å². The summed E-state index contributed by atoms with van der Waals surface area (Å²) >= 11 is 0. The van der Waals surface area contributed by atoms with E-state index in [0.717, 1.165) is 44.6 Å². The highest BCUT2D eigenvalue weighted by Gasteiger charge is 2.38. The number of methoxy groups -OCH3 is 1. The molecule has 4 rings (SSSR count). The van der Waals surface area contributed by atoms with E-state index >= 15 is 0 Å². The van der Waals surface area contributed by atoms with E-state index in [1.165, 1.54) is 68.9 Å². The van der Waals surface area contributed by atoms with Gasteiger partial charge in [-0.3, -0.25) is 0 Å². The molecule has 0 heterocycles. The molecule has 0 aromatic heterocycles.